The molecule has 0 heterocycles. The first kappa shape index (κ1) is 15.4. The van der Waals surface area contributed by atoms with E-state index in [1.54, 1.807) is 0 Å². The molecule has 0 spiro atoms. The number of amides is 1. The Hall–Kier alpha value is -2.01. The van der Waals surface area contributed by atoms with Crippen LogP contribution in [0.3, 0.4) is 0 Å². The van der Waals surface area contributed by atoms with Crippen LogP contribution in [0.15, 0.2) is 59.1 Å². The van der Waals surface area contributed by atoms with Crippen LogP contribution in [-0.2, 0) is 4.79 Å². The van der Waals surface area contributed by atoms with Crippen molar-refractivity contribution >= 4 is 21.8 Å². The summed E-state index contributed by atoms with van der Waals surface area (Å²) < 4.78 is 11.8. The fourth-order valence-electron chi connectivity index (χ4n) is 1.61. The lowest BCUT2D eigenvalue weighted by atomic mass is 10.3. The number of hydrogen-bond donors (Lipinski definition) is 1. The molecule has 0 aromatic heterocycles. The normalized spacial score (nSPS) is 9.95. The zero-order valence-corrected chi connectivity index (χ0v) is 13.0. The molecule has 2 rings (SSSR count). The molecule has 0 fully saturated rings. The molecule has 0 radical (unpaired) electrons. The minimum Gasteiger partial charge on any atom is -0.492 e. The number of ether oxygens (including phenoxy) is 2. The second kappa shape index (κ2) is 8.32. The molecule has 2 aromatic carbocycles. The largest absolute Gasteiger partial charge is 0.492 e. The summed E-state index contributed by atoms with van der Waals surface area (Å²) in [6.07, 6.45) is 0. The number of halogens is 1. The van der Waals surface area contributed by atoms with E-state index in [1.807, 2.05) is 54.6 Å². The van der Waals surface area contributed by atoms with Crippen LogP contribution in [0.4, 0.5) is 0 Å². The Balaban J connectivity index is 1.60. The van der Waals surface area contributed by atoms with E-state index in [0.29, 0.717) is 18.9 Å². The first-order chi connectivity index (χ1) is 10.2. The van der Waals surface area contributed by atoms with Gasteiger partial charge in [-0.1, -0.05) is 34.1 Å². The molecule has 0 saturated carbocycles. The van der Waals surface area contributed by atoms with Crippen molar-refractivity contribution in [1.82, 2.24) is 5.32 Å². The minimum atomic E-state index is -0.168. The van der Waals surface area contributed by atoms with Crippen molar-refractivity contribution in [3.8, 4) is 11.5 Å². The fraction of sp³-hybridized carbons (Fsp3) is 0.188. The van der Waals surface area contributed by atoms with Gasteiger partial charge in [0, 0.05) is 4.47 Å². The topological polar surface area (TPSA) is 47.6 Å². The Kier molecular flexibility index (Phi) is 6.09. The van der Waals surface area contributed by atoms with Gasteiger partial charge >= 0.3 is 0 Å². The van der Waals surface area contributed by atoms with Gasteiger partial charge in [0.1, 0.15) is 18.1 Å². The Morgan fingerprint density at radius 1 is 0.952 bits per heavy atom. The molecule has 0 bridgehead atoms. The fourth-order valence-corrected chi connectivity index (χ4v) is 1.87. The summed E-state index contributed by atoms with van der Waals surface area (Å²) in [7, 11) is 0. The van der Waals surface area contributed by atoms with Crippen LogP contribution >= 0.6 is 15.9 Å². The molecule has 0 saturated heterocycles. The van der Waals surface area contributed by atoms with E-state index in [2.05, 4.69) is 21.2 Å². The molecular weight excluding hydrogens is 334 g/mol. The van der Waals surface area contributed by atoms with Crippen molar-refractivity contribution in [2.24, 2.45) is 0 Å². The highest BCUT2D eigenvalue weighted by Crippen LogP contribution is 2.15. The molecule has 0 aliphatic carbocycles. The number of rotatable bonds is 7. The Bertz CT molecular complexity index is 557. The van der Waals surface area contributed by atoms with Crippen LogP contribution in [0.5, 0.6) is 11.5 Å². The maximum absolute atomic E-state index is 11.6. The highest BCUT2D eigenvalue weighted by Gasteiger charge is 2.02. The average molecular weight is 350 g/mol. The maximum Gasteiger partial charge on any atom is 0.258 e. The van der Waals surface area contributed by atoms with Crippen LogP contribution in [-0.4, -0.2) is 25.7 Å². The third-order valence-corrected chi connectivity index (χ3v) is 3.15. The summed E-state index contributed by atoms with van der Waals surface area (Å²) in [5, 5.41) is 2.74. The zero-order valence-electron chi connectivity index (χ0n) is 11.4. The first-order valence-corrected chi connectivity index (χ1v) is 7.36. The van der Waals surface area contributed by atoms with Crippen LogP contribution in [0.25, 0.3) is 0 Å². The number of nitrogens with one attached hydrogen (secondary N) is 1. The van der Waals surface area contributed by atoms with Crippen molar-refractivity contribution in [3.05, 3.63) is 59.1 Å². The molecule has 5 heteroatoms. The van der Waals surface area contributed by atoms with Gasteiger partial charge in [-0.2, -0.15) is 0 Å². The van der Waals surface area contributed by atoms with Gasteiger partial charge in [0.25, 0.3) is 5.91 Å². The second-order valence-corrected chi connectivity index (χ2v) is 5.17. The standard InChI is InChI=1S/C16H16BrNO3/c17-13-6-8-15(9-7-13)20-11-10-18-16(19)12-21-14-4-2-1-3-5-14/h1-9H,10-12H2,(H,18,19). The maximum atomic E-state index is 11.6. The minimum absolute atomic E-state index is 0.00228. The monoisotopic (exact) mass is 349 g/mol. The van der Waals surface area contributed by atoms with E-state index >= 15 is 0 Å². The van der Waals surface area contributed by atoms with E-state index in [9.17, 15) is 4.79 Å². The third kappa shape index (κ3) is 5.87. The van der Waals surface area contributed by atoms with Crippen LogP contribution < -0.4 is 14.8 Å². The van der Waals surface area contributed by atoms with Crippen molar-refractivity contribution < 1.29 is 14.3 Å². The molecule has 0 aliphatic heterocycles. The van der Waals surface area contributed by atoms with Gasteiger partial charge in [-0.25, -0.2) is 0 Å². The Morgan fingerprint density at radius 2 is 1.62 bits per heavy atom. The van der Waals surface area contributed by atoms with E-state index < -0.39 is 0 Å². The van der Waals surface area contributed by atoms with E-state index in [0.717, 1.165) is 10.2 Å². The van der Waals surface area contributed by atoms with Gasteiger partial charge in [0.15, 0.2) is 6.61 Å². The lowest BCUT2D eigenvalue weighted by molar-refractivity contribution is -0.123. The van der Waals surface area contributed by atoms with Gasteiger partial charge < -0.3 is 14.8 Å². The van der Waals surface area contributed by atoms with E-state index in [4.69, 9.17) is 9.47 Å². The van der Waals surface area contributed by atoms with Gasteiger partial charge in [-0.3, -0.25) is 4.79 Å². The molecule has 110 valence electrons. The van der Waals surface area contributed by atoms with Crippen molar-refractivity contribution in [2.75, 3.05) is 19.8 Å². The van der Waals surface area contributed by atoms with Crippen molar-refractivity contribution in [3.63, 3.8) is 0 Å². The van der Waals surface area contributed by atoms with E-state index in [-0.39, 0.29) is 12.5 Å². The Morgan fingerprint density at radius 3 is 2.33 bits per heavy atom. The van der Waals surface area contributed by atoms with Crippen LogP contribution in [0.2, 0.25) is 0 Å². The van der Waals surface area contributed by atoms with E-state index in [1.165, 1.54) is 0 Å². The second-order valence-electron chi connectivity index (χ2n) is 4.25. The molecule has 2 aromatic rings. The molecule has 1 amide bonds. The average Bonchev–Trinajstić information content (AvgIpc) is 2.52. The number of hydrogen-bond acceptors (Lipinski definition) is 3. The summed E-state index contributed by atoms with van der Waals surface area (Å²) in [6.45, 7) is 0.855. The SMILES string of the molecule is O=C(COc1ccccc1)NCCOc1ccc(Br)cc1. The molecule has 0 unspecified atom stereocenters. The quantitative estimate of drug-likeness (QED) is 0.781. The molecular formula is C16H16BrNO3. The number of para-hydroxylation sites is 1. The van der Waals surface area contributed by atoms with Crippen LogP contribution in [0, 0.1) is 0 Å². The number of carbonyl (C=O) groups excluding carboxylic acids is 1. The molecule has 0 aliphatic rings. The lowest BCUT2D eigenvalue weighted by Gasteiger charge is -2.09. The van der Waals surface area contributed by atoms with Crippen molar-refractivity contribution in [1.29, 1.82) is 0 Å². The highest BCUT2D eigenvalue weighted by molar-refractivity contribution is 9.10. The number of carbonyl (C=O) groups is 1. The first-order valence-electron chi connectivity index (χ1n) is 6.57. The molecule has 0 atom stereocenters. The highest BCUT2D eigenvalue weighted by atomic mass is 79.9. The third-order valence-electron chi connectivity index (χ3n) is 2.62. The molecule has 1 N–H and O–H groups in total. The summed E-state index contributed by atoms with van der Waals surface area (Å²) in [5.41, 5.74) is 0. The summed E-state index contributed by atoms with van der Waals surface area (Å²) in [4.78, 5) is 11.6. The van der Waals surface area contributed by atoms with Gasteiger partial charge in [0.05, 0.1) is 6.54 Å². The van der Waals surface area contributed by atoms with Crippen LogP contribution in [0.1, 0.15) is 0 Å². The number of benzene rings is 2. The smallest absolute Gasteiger partial charge is 0.258 e. The summed E-state index contributed by atoms with van der Waals surface area (Å²) in [6, 6.07) is 16.8. The lowest BCUT2D eigenvalue weighted by Crippen LogP contribution is -2.32. The molecule has 21 heavy (non-hydrogen) atoms. The predicted octanol–water partition coefficient (Wildman–Crippen LogP) is 3.02. The summed E-state index contributed by atoms with van der Waals surface area (Å²) in [5.74, 6) is 1.28. The van der Waals surface area contributed by atoms with Gasteiger partial charge in [-0.05, 0) is 36.4 Å². The van der Waals surface area contributed by atoms with Gasteiger partial charge in [-0.15, -0.1) is 0 Å². The summed E-state index contributed by atoms with van der Waals surface area (Å²) >= 11 is 3.36. The zero-order chi connectivity index (χ0) is 14.9. The predicted molar refractivity (Wildman–Crippen MR) is 84.6 cm³/mol. The van der Waals surface area contributed by atoms with Crippen molar-refractivity contribution in [2.45, 2.75) is 0 Å². The molecule has 4 nitrogen and oxygen atoms in total. The Labute approximate surface area is 132 Å². The van der Waals surface area contributed by atoms with Gasteiger partial charge in [0.2, 0.25) is 0 Å².